The lowest BCUT2D eigenvalue weighted by molar-refractivity contribution is 0.130. The molecule has 1 atom stereocenters. The van der Waals surface area contributed by atoms with Crippen molar-refractivity contribution in [3.05, 3.63) is 29.8 Å². The molecular weight excluding hydrogens is 250 g/mol. The molecule has 1 aliphatic heterocycles. The Labute approximate surface area is 122 Å². The van der Waals surface area contributed by atoms with Gasteiger partial charge in [-0.3, -0.25) is 0 Å². The average molecular weight is 277 g/mol. The smallest absolute Gasteiger partial charge is 0.119 e. The molecule has 1 heterocycles. The molecule has 1 unspecified atom stereocenters. The fraction of sp³-hybridized carbons (Fsp3) is 0.625. The van der Waals surface area contributed by atoms with Crippen LogP contribution in [0.3, 0.4) is 0 Å². The van der Waals surface area contributed by atoms with Gasteiger partial charge in [0.1, 0.15) is 5.75 Å². The number of rotatable bonds is 7. The number of hydrogen-bond acceptors (Lipinski definition) is 4. The third kappa shape index (κ3) is 4.47. The molecule has 2 rings (SSSR count). The minimum absolute atomic E-state index is 0.165. The molecule has 4 heteroatoms. The molecule has 0 spiro atoms. The molecule has 4 nitrogen and oxygen atoms in total. The first-order valence-electron chi connectivity index (χ1n) is 7.77. The fourth-order valence-electron chi connectivity index (χ4n) is 2.55. The lowest BCUT2D eigenvalue weighted by atomic mass is 10.1. The summed E-state index contributed by atoms with van der Waals surface area (Å²) < 4.78 is 5.70. The van der Waals surface area contributed by atoms with E-state index in [0.29, 0.717) is 6.54 Å². The monoisotopic (exact) mass is 277 g/mol. The van der Waals surface area contributed by atoms with E-state index < -0.39 is 0 Å². The largest absolute Gasteiger partial charge is 0.494 e. The number of ether oxygens (including phenoxy) is 1. The molecule has 0 radical (unpaired) electrons. The van der Waals surface area contributed by atoms with Crippen LogP contribution in [0.4, 0.5) is 0 Å². The van der Waals surface area contributed by atoms with Crippen molar-refractivity contribution in [3.8, 4) is 5.75 Å². The Bertz CT molecular complexity index is 391. The van der Waals surface area contributed by atoms with E-state index in [1.165, 1.54) is 24.8 Å². The first-order chi connectivity index (χ1) is 9.83. The average Bonchev–Trinajstić information content (AvgIpc) is 2.52. The highest BCUT2D eigenvalue weighted by atomic mass is 16.5. The van der Waals surface area contributed by atoms with Crippen molar-refractivity contribution in [1.29, 1.82) is 0 Å². The Morgan fingerprint density at radius 3 is 2.80 bits per heavy atom. The van der Waals surface area contributed by atoms with Crippen molar-refractivity contribution < 1.29 is 4.74 Å². The molecule has 0 bridgehead atoms. The number of hydrazine groups is 1. The molecular formula is C16H27N3O. The van der Waals surface area contributed by atoms with Gasteiger partial charge in [-0.15, -0.1) is 0 Å². The van der Waals surface area contributed by atoms with Crippen LogP contribution in [-0.4, -0.2) is 31.3 Å². The van der Waals surface area contributed by atoms with Gasteiger partial charge in [0.2, 0.25) is 0 Å². The molecule has 1 aromatic rings. The molecule has 20 heavy (non-hydrogen) atoms. The Kier molecular flexibility index (Phi) is 6.30. The van der Waals surface area contributed by atoms with E-state index in [9.17, 15) is 0 Å². The van der Waals surface area contributed by atoms with E-state index in [2.05, 4.69) is 29.5 Å². The van der Waals surface area contributed by atoms with E-state index in [-0.39, 0.29) is 6.04 Å². The molecule has 1 fully saturated rings. The molecule has 1 aromatic carbocycles. The van der Waals surface area contributed by atoms with Crippen LogP contribution in [0.5, 0.6) is 5.75 Å². The second-order valence-electron chi connectivity index (χ2n) is 5.39. The van der Waals surface area contributed by atoms with Gasteiger partial charge in [-0.05, 0) is 37.0 Å². The van der Waals surface area contributed by atoms with Gasteiger partial charge in [-0.2, -0.15) is 0 Å². The van der Waals surface area contributed by atoms with Crippen LogP contribution in [0.1, 0.15) is 44.2 Å². The van der Waals surface area contributed by atoms with Crippen molar-refractivity contribution in [2.75, 3.05) is 26.2 Å². The van der Waals surface area contributed by atoms with Gasteiger partial charge < -0.3 is 10.5 Å². The summed E-state index contributed by atoms with van der Waals surface area (Å²) in [5, 5.41) is 2.31. The van der Waals surface area contributed by atoms with E-state index in [1.807, 2.05) is 12.1 Å². The number of piperidine rings is 1. The van der Waals surface area contributed by atoms with E-state index in [1.54, 1.807) is 0 Å². The molecule has 1 saturated heterocycles. The quantitative estimate of drug-likeness (QED) is 0.804. The summed E-state index contributed by atoms with van der Waals surface area (Å²) in [6.45, 7) is 5.69. The predicted octanol–water partition coefficient (Wildman–Crippen LogP) is 2.47. The van der Waals surface area contributed by atoms with Crippen LogP contribution in [-0.2, 0) is 0 Å². The SMILES string of the molecule is CCCOc1cccc(C(CN)NN2CCCCC2)c1. The highest BCUT2D eigenvalue weighted by Crippen LogP contribution is 2.20. The summed E-state index contributed by atoms with van der Waals surface area (Å²) in [7, 11) is 0. The maximum atomic E-state index is 5.94. The van der Waals surface area contributed by atoms with Crippen molar-refractivity contribution in [2.45, 2.75) is 38.6 Å². The van der Waals surface area contributed by atoms with Gasteiger partial charge >= 0.3 is 0 Å². The summed E-state index contributed by atoms with van der Waals surface area (Å²) in [6.07, 6.45) is 4.90. The van der Waals surface area contributed by atoms with Crippen LogP contribution in [0.15, 0.2) is 24.3 Å². The zero-order valence-electron chi connectivity index (χ0n) is 12.5. The standard InChI is InChI=1S/C16H27N3O/c1-2-11-20-15-8-6-7-14(12-15)16(13-17)18-19-9-4-3-5-10-19/h6-8,12,16,18H,2-5,9-11,13,17H2,1H3. The van der Waals surface area contributed by atoms with Gasteiger partial charge in [0.05, 0.1) is 12.6 Å². The van der Waals surface area contributed by atoms with Crippen LogP contribution < -0.4 is 15.9 Å². The van der Waals surface area contributed by atoms with Gasteiger partial charge in [0.25, 0.3) is 0 Å². The Hall–Kier alpha value is -1.10. The lowest BCUT2D eigenvalue weighted by Gasteiger charge is -2.31. The van der Waals surface area contributed by atoms with E-state index in [0.717, 1.165) is 31.9 Å². The zero-order valence-corrected chi connectivity index (χ0v) is 12.5. The Balaban J connectivity index is 1.98. The topological polar surface area (TPSA) is 50.5 Å². The van der Waals surface area contributed by atoms with Crippen LogP contribution in [0.2, 0.25) is 0 Å². The maximum Gasteiger partial charge on any atom is 0.119 e. The predicted molar refractivity (Wildman–Crippen MR) is 82.6 cm³/mol. The number of benzene rings is 1. The van der Waals surface area contributed by atoms with Crippen molar-refractivity contribution in [3.63, 3.8) is 0 Å². The Morgan fingerprint density at radius 2 is 2.10 bits per heavy atom. The molecule has 112 valence electrons. The summed E-state index contributed by atoms with van der Waals surface area (Å²) in [5.74, 6) is 0.934. The van der Waals surface area contributed by atoms with Crippen LogP contribution in [0, 0.1) is 0 Å². The second-order valence-corrected chi connectivity index (χ2v) is 5.39. The molecule has 0 aromatic heterocycles. The third-order valence-electron chi connectivity index (χ3n) is 3.66. The van der Waals surface area contributed by atoms with Gasteiger partial charge in [0, 0.05) is 19.6 Å². The summed E-state index contributed by atoms with van der Waals surface area (Å²) in [5.41, 5.74) is 10.7. The fourth-order valence-corrected chi connectivity index (χ4v) is 2.55. The number of nitrogens with two attached hydrogens (primary N) is 1. The summed E-state index contributed by atoms with van der Waals surface area (Å²) in [6, 6.07) is 8.43. The molecule has 0 saturated carbocycles. The van der Waals surface area contributed by atoms with Crippen LogP contribution >= 0.6 is 0 Å². The summed E-state index contributed by atoms with van der Waals surface area (Å²) >= 11 is 0. The minimum atomic E-state index is 0.165. The number of nitrogens with zero attached hydrogens (tertiary/aromatic N) is 1. The molecule has 0 amide bonds. The first-order valence-corrected chi connectivity index (χ1v) is 7.77. The van der Waals surface area contributed by atoms with Crippen molar-refractivity contribution in [2.24, 2.45) is 5.73 Å². The van der Waals surface area contributed by atoms with Gasteiger partial charge in [-0.25, -0.2) is 10.4 Å². The van der Waals surface area contributed by atoms with Crippen molar-refractivity contribution in [1.82, 2.24) is 10.4 Å². The highest BCUT2D eigenvalue weighted by Gasteiger charge is 2.16. The molecule has 3 N–H and O–H groups in total. The number of hydrogen-bond donors (Lipinski definition) is 2. The Morgan fingerprint density at radius 1 is 1.30 bits per heavy atom. The second kappa shape index (κ2) is 8.25. The third-order valence-corrected chi connectivity index (χ3v) is 3.66. The first kappa shape index (κ1) is 15.3. The van der Waals surface area contributed by atoms with Crippen molar-refractivity contribution >= 4 is 0 Å². The maximum absolute atomic E-state index is 5.94. The summed E-state index contributed by atoms with van der Waals surface area (Å²) in [4.78, 5) is 0. The minimum Gasteiger partial charge on any atom is -0.494 e. The van der Waals surface area contributed by atoms with Crippen LogP contribution in [0.25, 0.3) is 0 Å². The van der Waals surface area contributed by atoms with Gasteiger partial charge in [-0.1, -0.05) is 25.5 Å². The lowest BCUT2D eigenvalue weighted by Crippen LogP contribution is -2.45. The van der Waals surface area contributed by atoms with E-state index >= 15 is 0 Å². The molecule has 1 aliphatic rings. The molecule has 0 aliphatic carbocycles. The van der Waals surface area contributed by atoms with E-state index in [4.69, 9.17) is 10.5 Å². The van der Waals surface area contributed by atoms with Gasteiger partial charge in [0.15, 0.2) is 0 Å². The number of nitrogens with one attached hydrogen (secondary N) is 1. The zero-order chi connectivity index (χ0) is 14.2. The highest BCUT2D eigenvalue weighted by molar-refractivity contribution is 5.30. The normalized spacial score (nSPS) is 17.9.